The zero-order valence-corrected chi connectivity index (χ0v) is 21.7. The van der Waals surface area contributed by atoms with Gasteiger partial charge in [0.25, 0.3) is 11.6 Å². The third-order valence-corrected chi connectivity index (χ3v) is 3.63. The Hall–Kier alpha value is -4.26. The first-order chi connectivity index (χ1) is 18.7. The summed E-state index contributed by atoms with van der Waals surface area (Å²) < 4.78 is 136. The maximum atomic E-state index is 11.3. The fourth-order valence-corrected chi connectivity index (χ4v) is 1.59. The first-order valence-corrected chi connectivity index (χ1v) is 10.0. The van der Waals surface area contributed by atoms with Crippen LogP contribution in [0.3, 0.4) is 0 Å². The smallest absolute Gasteiger partial charge is 0.869 e. The molecule has 0 amide bonds. The molecule has 21 heteroatoms. The second kappa shape index (κ2) is 17.6. The molecule has 0 atom stereocenters. The van der Waals surface area contributed by atoms with Crippen LogP contribution in [0.15, 0.2) is 72.2 Å². The molecule has 0 saturated heterocycles. The van der Waals surface area contributed by atoms with Crippen molar-refractivity contribution in [3.63, 3.8) is 0 Å². The number of benzene rings is 2. The minimum absolute atomic E-state index is 0. The molecule has 240 valence electrons. The van der Waals surface area contributed by atoms with E-state index >= 15 is 0 Å². The minimum atomic E-state index is -5.46. The Morgan fingerprint density at radius 3 is 0.791 bits per heavy atom. The fraction of sp³-hybridized carbons (Fsp3) is 0.182. The van der Waals surface area contributed by atoms with Gasteiger partial charge in [0.05, 0.1) is 22.7 Å². The number of nitrogens with two attached hydrogens (primary N) is 4. The van der Waals surface area contributed by atoms with Crippen LogP contribution in [0.25, 0.3) is 0 Å². The van der Waals surface area contributed by atoms with Gasteiger partial charge in [0.15, 0.2) is 0 Å². The number of halogens is 12. The molecule has 0 unspecified atom stereocenters. The first-order valence-electron chi connectivity index (χ1n) is 10.0. The zero-order valence-electron chi connectivity index (χ0n) is 20.6. The van der Waals surface area contributed by atoms with Crippen LogP contribution in [0, 0.1) is 0 Å². The van der Waals surface area contributed by atoms with Crippen LogP contribution in [-0.2, 0) is 26.7 Å². The summed E-state index contributed by atoms with van der Waals surface area (Å²) >= 11 is 0. The van der Waals surface area contributed by atoms with E-state index in [0.29, 0.717) is 22.7 Å². The van der Waals surface area contributed by atoms with E-state index in [-0.39, 0.29) is 17.1 Å². The molecule has 0 aliphatic heterocycles. The molecule has 0 heterocycles. The summed E-state index contributed by atoms with van der Waals surface area (Å²) in [5.41, 5.74) is 24.2. The maximum absolute atomic E-state index is 11.3. The molecule has 2 rings (SSSR count). The van der Waals surface area contributed by atoms with E-state index in [1.54, 1.807) is 24.3 Å². The number of para-hydroxylation sites is 4. The van der Waals surface area contributed by atoms with E-state index in [9.17, 15) is 72.5 Å². The second-order valence-electron chi connectivity index (χ2n) is 6.99. The third-order valence-electron chi connectivity index (χ3n) is 3.63. The summed E-state index contributed by atoms with van der Waals surface area (Å²) in [5, 5.41) is 19.6. The number of alkyl halides is 12. The third kappa shape index (κ3) is 19.5. The van der Waals surface area contributed by atoms with Crippen LogP contribution >= 0.6 is 0 Å². The zero-order chi connectivity index (χ0) is 33.7. The number of anilines is 4. The van der Waals surface area contributed by atoms with E-state index in [0.717, 1.165) is 0 Å². The Bertz CT molecular complexity index is 1100. The molecule has 0 spiro atoms. The number of hydrogen-bond donors (Lipinski definition) is 4. The predicted octanol–water partition coefficient (Wildman–Crippen LogP) is 3.55. The van der Waals surface area contributed by atoms with E-state index in [1.807, 2.05) is 24.3 Å². The van der Waals surface area contributed by atoms with Crippen molar-refractivity contribution in [1.82, 2.24) is 0 Å². The molecule has 8 nitrogen and oxygen atoms in total. The van der Waals surface area contributed by atoms with Gasteiger partial charge in [0.1, 0.15) is 0 Å². The van der Waals surface area contributed by atoms with E-state index < -0.39 is 59.9 Å². The average molecular weight is 686 g/mol. The van der Waals surface area contributed by atoms with Crippen molar-refractivity contribution in [3.8, 4) is 0 Å². The number of ketones is 2. The molecule has 43 heavy (non-hydrogen) atoms. The SMILES string of the molecule is Nc1ccccc1N.Nc1ccccc1N.O=C(/C=C(\[O-])C(F)(F)F)C(F)(F)F.O=C(/C=C(\[O-])C(F)(F)F)C(F)(F)F.[Fe+4]. The molecule has 2 aromatic carbocycles. The Balaban J connectivity index is -0.000000503. The van der Waals surface area contributed by atoms with Gasteiger partial charge in [-0.05, 0) is 47.9 Å². The van der Waals surface area contributed by atoms with Gasteiger partial charge in [-0.2, -0.15) is 52.7 Å². The largest absolute Gasteiger partial charge is 4.00 e. The maximum Gasteiger partial charge on any atom is 4.00 e. The molecular weight excluding hydrogens is 668 g/mol. The normalized spacial score (nSPS) is 12.1. The van der Waals surface area contributed by atoms with Crippen LogP contribution in [0.2, 0.25) is 0 Å². The number of carbonyl (C=O) groups is 2. The van der Waals surface area contributed by atoms with Crippen molar-refractivity contribution in [2.24, 2.45) is 0 Å². The molecule has 0 saturated carbocycles. The van der Waals surface area contributed by atoms with Crippen LogP contribution in [0.4, 0.5) is 75.4 Å². The van der Waals surface area contributed by atoms with Gasteiger partial charge in [-0.25, -0.2) is 0 Å². The van der Waals surface area contributed by atoms with Gasteiger partial charge < -0.3 is 33.1 Å². The Kier molecular flexibility index (Phi) is 17.7. The van der Waals surface area contributed by atoms with Crippen molar-refractivity contribution in [2.45, 2.75) is 24.7 Å². The fourth-order valence-electron chi connectivity index (χ4n) is 1.59. The quantitative estimate of drug-likeness (QED) is 0.122. The first kappa shape index (κ1) is 43.2. The molecule has 0 fully saturated rings. The van der Waals surface area contributed by atoms with Crippen molar-refractivity contribution in [2.75, 3.05) is 22.9 Å². The molecule has 2 aromatic rings. The van der Waals surface area contributed by atoms with E-state index in [1.165, 1.54) is 0 Å². The molecule has 8 N–H and O–H groups in total. The molecule has 0 aromatic heterocycles. The van der Waals surface area contributed by atoms with Gasteiger partial charge >= 0.3 is 41.8 Å². The number of rotatable bonds is 2. The van der Waals surface area contributed by atoms with E-state index in [2.05, 4.69) is 0 Å². The van der Waals surface area contributed by atoms with Crippen molar-refractivity contribution in [3.05, 3.63) is 72.2 Å². The Morgan fingerprint density at radius 1 is 0.488 bits per heavy atom. The average Bonchev–Trinajstić information content (AvgIpc) is 2.81. The summed E-state index contributed by atoms with van der Waals surface area (Å²) in [6, 6.07) is 14.5. The van der Waals surface area contributed by atoms with Gasteiger partial charge in [-0.15, -0.1) is 0 Å². The summed E-state index contributed by atoms with van der Waals surface area (Å²) in [7, 11) is 0. The number of allylic oxidation sites excluding steroid dienone is 4. The van der Waals surface area contributed by atoms with Crippen molar-refractivity contribution < 1.29 is 89.6 Å². The minimum Gasteiger partial charge on any atom is -0.869 e. The summed E-state index contributed by atoms with van der Waals surface area (Å²) in [6.45, 7) is 0. The van der Waals surface area contributed by atoms with Crippen LogP contribution in [-0.4, -0.2) is 36.3 Å². The predicted molar refractivity (Wildman–Crippen MR) is 121 cm³/mol. The topological polar surface area (TPSA) is 184 Å². The summed E-state index contributed by atoms with van der Waals surface area (Å²) in [4.78, 5) is 19.6. The summed E-state index contributed by atoms with van der Waals surface area (Å²) in [5.74, 6) is -11.3. The van der Waals surface area contributed by atoms with Crippen LogP contribution in [0.1, 0.15) is 0 Å². The van der Waals surface area contributed by atoms with Crippen LogP contribution < -0.4 is 33.1 Å². The summed E-state index contributed by atoms with van der Waals surface area (Å²) in [6.07, 6.45) is -23.9. The van der Waals surface area contributed by atoms with Gasteiger partial charge in [0.2, 0.25) is 0 Å². The molecule has 0 bridgehead atoms. The Morgan fingerprint density at radius 2 is 0.674 bits per heavy atom. The molecule has 0 radical (unpaired) electrons. The van der Waals surface area contributed by atoms with Crippen molar-refractivity contribution in [1.29, 1.82) is 0 Å². The van der Waals surface area contributed by atoms with E-state index in [4.69, 9.17) is 22.9 Å². The molecule has 0 aliphatic carbocycles. The second-order valence-corrected chi connectivity index (χ2v) is 6.99. The molecular formula is C22H18F12FeN4O4+2. The van der Waals surface area contributed by atoms with Gasteiger partial charge in [-0.3, -0.25) is 9.59 Å². The Labute approximate surface area is 244 Å². The molecule has 0 aliphatic rings. The number of hydrogen-bond acceptors (Lipinski definition) is 8. The van der Waals surface area contributed by atoms with Crippen LogP contribution in [0.5, 0.6) is 0 Å². The monoisotopic (exact) mass is 686 g/mol. The number of carbonyl (C=O) groups excluding carboxylic acids is 2. The van der Waals surface area contributed by atoms with Gasteiger partial charge in [0, 0.05) is 0 Å². The number of nitrogen functional groups attached to an aromatic ring is 4. The van der Waals surface area contributed by atoms with Crippen molar-refractivity contribution >= 4 is 34.3 Å². The standard InChI is InChI=1S/2C6H8N2.2C5H2F6O2.Fe/c2*7-5-3-1-2-4-6(5)8;2*6-4(7,8)2(12)1-3(13)5(9,10)11;/h2*1-4H,7-8H2;2*1,12H;/q;;;;+4/p-2/b;;2*2-1-;. The van der Waals surface area contributed by atoms with Gasteiger partial charge in [-0.1, -0.05) is 24.3 Å².